The average molecular weight is 463 g/mol. The number of carbonyl (C=O) groups excluding carboxylic acids is 2. The lowest BCUT2D eigenvalue weighted by Gasteiger charge is -2.14. The van der Waals surface area contributed by atoms with Gasteiger partial charge in [-0.1, -0.05) is 12.2 Å². The second kappa shape index (κ2) is 8.77. The van der Waals surface area contributed by atoms with Crippen molar-refractivity contribution in [3.8, 4) is 5.75 Å². The molecule has 4 rings (SSSR count). The Morgan fingerprint density at radius 2 is 1.50 bits per heavy atom. The number of benzene rings is 2. The maximum atomic E-state index is 11.7. The number of nitrogens with zero attached hydrogens (tertiary/aromatic N) is 4. The van der Waals surface area contributed by atoms with Crippen molar-refractivity contribution < 1.29 is 14.3 Å². The van der Waals surface area contributed by atoms with Crippen LogP contribution in [0, 0.1) is 0 Å². The first-order chi connectivity index (χ1) is 16.2. The Labute approximate surface area is 195 Å². The monoisotopic (exact) mass is 462 g/mol. The molecule has 0 unspecified atom stereocenters. The smallest absolute Gasteiger partial charge is 0.248 e. The minimum atomic E-state index is -0.573. The molecular formula is C23H26N8O3. The van der Waals surface area contributed by atoms with E-state index in [-0.39, 0.29) is 12.1 Å². The second-order valence-corrected chi connectivity index (χ2v) is 8.07. The molecule has 34 heavy (non-hydrogen) atoms. The summed E-state index contributed by atoms with van der Waals surface area (Å²) in [6, 6.07) is 8.22. The highest BCUT2D eigenvalue weighted by Gasteiger charge is 2.17. The standard InChI is InChI=1S/C23H26N8O3/c1-12(2)34-18-11-14(21(25)33)10-16-19(18)31(23(27)29-16)8-4-3-7-30-17-6-5-13(20(24)32)9-15(17)28-22(30)26/h3-6,9-12H,7-8H2,1-2H3,(H2,24,32)(H2,25,33)(H2,26,28)(H2,27,29)/b4-3+. The lowest BCUT2D eigenvalue weighted by Crippen LogP contribution is -2.13. The molecular weight excluding hydrogens is 436 g/mol. The Hall–Kier alpha value is -4.54. The molecule has 0 saturated carbocycles. The molecule has 4 aromatic rings. The fourth-order valence-electron chi connectivity index (χ4n) is 3.77. The SMILES string of the molecule is CC(C)Oc1cc(C(N)=O)cc2nc(N)n(C/C=C/Cn3c(N)nc4cc(C(N)=O)ccc43)c12. The van der Waals surface area contributed by atoms with Gasteiger partial charge in [-0.05, 0) is 44.2 Å². The summed E-state index contributed by atoms with van der Waals surface area (Å²) in [6.07, 6.45) is 3.71. The number of nitrogens with two attached hydrogens (primary N) is 4. The van der Waals surface area contributed by atoms with Gasteiger partial charge in [-0.3, -0.25) is 9.59 Å². The second-order valence-electron chi connectivity index (χ2n) is 8.07. The molecule has 0 radical (unpaired) electrons. The van der Waals surface area contributed by atoms with Crippen molar-refractivity contribution in [2.24, 2.45) is 11.5 Å². The molecule has 0 atom stereocenters. The van der Waals surface area contributed by atoms with E-state index < -0.39 is 11.8 Å². The number of rotatable bonds is 8. The Balaban J connectivity index is 1.62. The summed E-state index contributed by atoms with van der Waals surface area (Å²) in [4.78, 5) is 31.8. The minimum Gasteiger partial charge on any atom is -0.489 e. The zero-order chi connectivity index (χ0) is 24.6. The molecule has 8 N–H and O–H groups in total. The molecule has 0 bridgehead atoms. The molecule has 0 saturated heterocycles. The average Bonchev–Trinajstić information content (AvgIpc) is 3.25. The van der Waals surface area contributed by atoms with E-state index in [1.165, 1.54) is 0 Å². The van der Waals surface area contributed by atoms with Crippen LogP contribution in [0.1, 0.15) is 34.6 Å². The number of anilines is 2. The van der Waals surface area contributed by atoms with Crippen LogP contribution in [0.5, 0.6) is 5.75 Å². The molecule has 0 aliphatic carbocycles. The Bertz CT molecular complexity index is 1450. The van der Waals surface area contributed by atoms with E-state index >= 15 is 0 Å². The van der Waals surface area contributed by atoms with Gasteiger partial charge in [0.2, 0.25) is 23.7 Å². The largest absolute Gasteiger partial charge is 0.489 e. The number of primary amides is 2. The quantitative estimate of drug-likeness (QED) is 0.288. The van der Waals surface area contributed by atoms with Crippen LogP contribution in [0.3, 0.4) is 0 Å². The van der Waals surface area contributed by atoms with Gasteiger partial charge in [-0.25, -0.2) is 9.97 Å². The van der Waals surface area contributed by atoms with Crippen LogP contribution in [-0.4, -0.2) is 37.0 Å². The molecule has 0 spiro atoms. The first-order valence-corrected chi connectivity index (χ1v) is 10.6. The molecule has 2 aromatic heterocycles. The summed E-state index contributed by atoms with van der Waals surface area (Å²) in [6.45, 7) is 4.63. The number of nitrogen functional groups attached to an aromatic ring is 2. The zero-order valence-corrected chi connectivity index (χ0v) is 18.9. The lowest BCUT2D eigenvalue weighted by atomic mass is 10.1. The fraction of sp³-hybridized carbons (Fsp3) is 0.217. The molecule has 0 fully saturated rings. The number of hydrogen-bond acceptors (Lipinski definition) is 7. The highest BCUT2D eigenvalue weighted by atomic mass is 16.5. The van der Waals surface area contributed by atoms with Gasteiger partial charge in [-0.15, -0.1) is 0 Å². The van der Waals surface area contributed by atoms with Gasteiger partial charge < -0.3 is 36.8 Å². The first kappa shape index (κ1) is 22.6. The number of ether oxygens (including phenoxy) is 1. The summed E-state index contributed by atoms with van der Waals surface area (Å²) < 4.78 is 9.53. The molecule has 0 aliphatic heterocycles. The molecule has 176 valence electrons. The number of allylic oxidation sites excluding steroid dienone is 2. The summed E-state index contributed by atoms with van der Waals surface area (Å²) in [5, 5.41) is 0. The number of aromatic nitrogens is 4. The maximum absolute atomic E-state index is 11.7. The van der Waals surface area contributed by atoms with Gasteiger partial charge in [0.1, 0.15) is 11.3 Å². The number of amides is 2. The Morgan fingerprint density at radius 3 is 2.15 bits per heavy atom. The lowest BCUT2D eigenvalue weighted by molar-refractivity contribution is 0.0991. The normalized spacial score (nSPS) is 11.7. The highest BCUT2D eigenvalue weighted by Crippen LogP contribution is 2.30. The minimum absolute atomic E-state index is 0.126. The van der Waals surface area contributed by atoms with Crippen molar-refractivity contribution in [1.82, 2.24) is 19.1 Å². The van der Waals surface area contributed by atoms with Gasteiger partial charge in [-0.2, -0.15) is 0 Å². The van der Waals surface area contributed by atoms with Gasteiger partial charge >= 0.3 is 0 Å². The number of fused-ring (bicyclic) bond motifs is 2. The maximum Gasteiger partial charge on any atom is 0.248 e. The van der Waals surface area contributed by atoms with Crippen molar-refractivity contribution in [3.05, 3.63) is 53.6 Å². The highest BCUT2D eigenvalue weighted by molar-refractivity contribution is 5.99. The van der Waals surface area contributed by atoms with Crippen molar-refractivity contribution in [2.75, 3.05) is 11.5 Å². The number of hydrogen-bond donors (Lipinski definition) is 4. The van der Waals surface area contributed by atoms with Crippen molar-refractivity contribution >= 4 is 45.8 Å². The van der Waals surface area contributed by atoms with Crippen molar-refractivity contribution in [1.29, 1.82) is 0 Å². The van der Waals surface area contributed by atoms with Crippen LogP contribution in [0.15, 0.2) is 42.5 Å². The molecule has 2 aromatic carbocycles. The predicted octanol–water partition coefficient (Wildman–Crippen LogP) is 1.79. The topological polar surface area (TPSA) is 183 Å². The summed E-state index contributed by atoms with van der Waals surface area (Å²) in [7, 11) is 0. The van der Waals surface area contributed by atoms with Crippen LogP contribution in [0.2, 0.25) is 0 Å². The summed E-state index contributed by atoms with van der Waals surface area (Å²) in [5.41, 5.74) is 26.3. The van der Waals surface area contributed by atoms with E-state index in [9.17, 15) is 9.59 Å². The fourth-order valence-corrected chi connectivity index (χ4v) is 3.77. The van der Waals surface area contributed by atoms with Gasteiger partial charge in [0.25, 0.3) is 0 Å². The van der Waals surface area contributed by atoms with Gasteiger partial charge in [0.05, 0.1) is 22.7 Å². The van der Waals surface area contributed by atoms with E-state index in [1.807, 2.05) is 30.6 Å². The van der Waals surface area contributed by atoms with Crippen LogP contribution >= 0.6 is 0 Å². The van der Waals surface area contributed by atoms with Crippen LogP contribution in [0.4, 0.5) is 11.9 Å². The third-order valence-corrected chi connectivity index (χ3v) is 5.29. The molecule has 11 nitrogen and oxygen atoms in total. The van der Waals surface area contributed by atoms with E-state index in [2.05, 4.69) is 9.97 Å². The summed E-state index contributed by atoms with van der Waals surface area (Å²) in [5.74, 6) is -0.0172. The molecule has 0 aliphatic rings. The third kappa shape index (κ3) is 4.22. The van der Waals surface area contributed by atoms with E-state index in [0.29, 0.717) is 52.5 Å². The molecule has 11 heteroatoms. The molecule has 2 amide bonds. The summed E-state index contributed by atoms with van der Waals surface area (Å²) >= 11 is 0. The van der Waals surface area contributed by atoms with Crippen LogP contribution < -0.4 is 27.7 Å². The van der Waals surface area contributed by atoms with E-state index in [0.717, 1.165) is 5.52 Å². The third-order valence-electron chi connectivity index (χ3n) is 5.29. The number of carbonyl (C=O) groups is 2. The van der Waals surface area contributed by atoms with Crippen molar-refractivity contribution in [3.63, 3.8) is 0 Å². The van der Waals surface area contributed by atoms with E-state index in [4.69, 9.17) is 27.7 Å². The Morgan fingerprint density at radius 1 is 0.912 bits per heavy atom. The van der Waals surface area contributed by atoms with Gasteiger partial charge in [0, 0.05) is 24.2 Å². The first-order valence-electron chi connectivity index (χ1n) is 10.6. The zero-order valence-electron chi connectivity index (χ0n) is 18.9. The van der Waals surface area contributed by atoms with Crippen LogP contribution in [0.25, 0.3) is 22.1 Å². The van der Waals surface area contributed by atoms with Gasteiger partial charge in [0.15, 0.2) is 0 Å². The molecule has 2 heterocycles. The van der Waals surface area contributed by atoms with E-state index in [1.54, 1.807) is 34.9 Å². The Kier molecular flexibility index (Phi) is 5.84. The number of imidazole rings is 2. The van der Waals surface area contributed by atoms with Crippen molar-refractivity contribution in [2.45, 2.75) is 33.0 Å². The predicted molar refractivity (Wildman–Crippen MR) is 130 cm³/mol. The van der Waals surface area contributed by atoms with Crippen LogP contribution in [-0.2, 0) is 13.1 Å².